The number of nitrogens with one attached hydrogen (secondary N) is 1. The highest BCUT2D eigenvalue weighted by Crippen LogP contribution is 2.21. The van der Waals surface area contributed by atoms with Crippen LogP contribution in [0.3, 0.4) is 0 Å². The molecule has 2 saturated heterocycles. The Morgan fingerprint density at radius 3 is 2.30 bits per heavy atom. The number of nitrogens with zero attached hydrogens (tertiary/aromatic N) is 2. The highest BCUT2D eigenvalue weighted by atomic mass is 19.1. The number of anilines is 1. The summed E-state index contributed by atoms with van der Waals surface area (Å²) in [6.07, 6.45) is 2.45. The summed E-state index contributed by atoms with van der Waals surface area (Å²) in [6.45, 7) is 3.58. The maximum Gasteiger partial charge on any atom is 0.321 e. The number of halogens is 2. The van der Waals surface area contributed by atoms with Gasteiger partial charge in [0.05, 0.1) is 0 Å². The molecular weight excluding hydrogens is 264 g/mol. The molecule has 0 aromatic heterocycles. The third-order valence-electron chi connectivity index (χ3n) is 3.92. The number of carbonyl (C=O) groups excluding carboxylic acids is 1. The number of rotatable bonds is 2. The molecule has 0 unspecified atom stereocenters. The maximum atomic E-state index is 13.0. The lowest BCUT2D eigenvalue weighted by atomic mass is 10.1. The van der Waals surface area contributed by atoms with E-state index in [0.29, 0.717) is 19.1 Å². The molecule has 0 atom stereocenters. The normalized spacial score (nSPS) is 20.0. The fourth-order valence-electron chi connectivity index (χ4n) is 2.79. The van der Waals surface area contributed by atoms with Crippen molar-refractivity contribution < 1.29 is 13.6 Å². The number of carbonyl (C=O) groups is 1. The van der Waals surface area contributed by atoms with Crippen LogP contribution in [-0.4, -0.2) is 48.1 Å². The molecule has 2 aliphatic heterocycles. The quantitative estimate of drug-likeness (QED) is 0.902. The van der Waals surface area contributed by atoms with Crippen molar-refractivity contribution in [3.63, 3.8) is 0 Å². The molecule has 0 bridgehead atoms. The monoisotopic (exact) mass is 281 g/mol. The summed E-state index contributed by atoms with van der Waals surface area (Å²) in [5, 5.41) is 2.53. The molecule has 3 rings (SSSR count). The van der Waals surface area contributed by atoms with Crippen molar-refractivity contribution in [1.29, 1.82) is 0 Å². The lowest BCUT2D eigenvalue weighted by molar-refractivity contribution is 0.0776. The van der Waals surface area contributed by atoms with Crippen LogP contribution in [0.2, 0.25) is 0 Å². The molecule has 0 spiro atoms. The average molecular weight is 281 g/mol. The van der Waals surface area contributed by atoms with Crippen molar-refractivity contribution in [2.24, 2.45) is 0 Å². The van der Waals surface area contributed by atoms with Gasteiger partial charge in [-0.25, -0.2) is 13.6 Å². The Morgan fingerprint density at radius 1 is 1.10 bits per heavy atom. The van der Waals surface area contributed by atoms with Gasteiger partial charge in [0, 0.05) is 30.9 Å². The average Bonchev–Trinajstić information content (AvgIpc) is 2.78. The van der Waals surface area contributed by atoms with Crippen LogP contribution >= 0.6 is 0 Å². The largest absolute Gasteiger partial charge is 0.321 e. The molecule has 2 amide bonds. The summed E-state index contributed by atoms with van der Waals surface area (Å²) in [7, 11) is 0. The van der Waals surface area contributed by atoms with Gasteiger partial charge in [-0.2, -0.15) is 0 Å². The van der Waals surface area contributed by atoms with Gasteiger partial charge in [0.25, 0.3) is 0 Å². The topological polar surface area (TPSA) is 35.6 Å². The van der Waals surface area contributed by atoms with Crippen molar-refractivity contribution >= 4 is 11.7 Å². The number of urea groups is 1. The van der Waals surface area contributed by atoms with Gasteiger partial charge >= 0.3 is 6.03 Å². The lowest BCUT2D eigenvalue weighted by Crippen LogP contribution is -2.61. The summed E-state index contributed by atoms with van der Waals surface area (Å²) < 4.78 is 26.1. The van der Waals surface area contributed by atoms with Crippen LogP contribution in [0.5, 0.6) is 0 Å². The second-order valence-corrected chi connectivity index (χ2v) is 5.39. The molecular formula is C14H17F2N3O. The summed E-state index contributed by atoms with van der Waals surface area (Å²) in [5.41, 5.74) is 0.150. The summed E-state index contributed by atoms with van der Waals surface area (Å²) in [5.74, 6) is -1.39. The smallest absolute Gasteiger partial charge is 0.321 e. The van der Waals surface area contributed by atoms with Gasteiger partial charge < -0.3 is 10.2 Å². The maximum absolute atomic E-state index is 13.0. The summed E-state index contributed by atoms with van der Waals surface area (Å²) in [4.78, 5) is 16.0. The van der Waals surface area contributed by atoms with E-state index in [0.717, 1.165) is 31.3 Å². The van der Waals surface area contributed by atoms with E-state index in [9.17, 15) is 13.6 Å². The first-order valence-electron chi connectivity index (χ1n) is 6.88. The third-order valence-corrected chi connectivity index (χ3v) is 3.92. The minimum atomic E-state index is -0.696. The first kappa shape index (κ1) is 13.3. The Labute approximate surface area is 116 Å². The zero-order valence-corrected chi connectivity index (χ0v) is 11.1. The van der Waals surface area contributed by atoms with Crippen LogP contribution in [0.1, 0.15) is 12.8 Å². The van der Waals surface area contributed by atoms with E-state index in [1.165, 1.54) is 12.8 Å². The number of benzene rings is 1. The first-order chi connectivity index (χ1) is 9.61. The molecule has 2 heterocycles. The SMILES string of the molecule is O=C(Nc1cc(F)cc(F)c1)N1CC(N2CCCC2)C1. The fourth-order valence-corrected chi connectivity index (χ4v) is 2.79. The van der Waals surface area contributed by atoms with E-state index < -0.39 is 11.6 Å². The molecule has 1 N–H and O–H groups in total. The van der Waals surface area contributed by atoms with E-state index in [1.807, 2.05) is 0 Å². The third kappa shape index (κ3) is 2.75. The molecule has 4 nitrogen and oxygen atoms in total. The molecule has 20 heavy (non-hydrogen) atoms. The summed E-state index contributed by atoms with van der Waals surface area (Å²) >= 11 is 0. The number of hydrogen-bond acceptors (Lipinski definition) is 2. The molecule has 0 aliphatic carbocycles. The van der Waals surface area contributed by atoms with Crippen molar-refractivity contribution in [1.82, 2.24) is 9.80 Å². The molecule has 2 fully saturated rings. The highest BCUT2D eigenvalue weighted by Gasteiger charge is 2.35. The molecule has 6 heteroatoms. The van der Waals surface area contributed by atoms with Crippen molar-refractivity contribution in [2.45, 2.75) is 18.9 Å². The van der Waals surface area contributed by atoms with Gasteiger partial charge in [-0.3, -0.25) is 4.90 Å². The van der Waals surface area contributed by atoms with E-state index >= 15 is 0 Å². The van der Waals surface area contributed by atoms with Crippen LogP contribution < -0.4 is 5.32 Å². The highest BCUT2D eigenvalue weighted by molar-refractivity contribution is 5.89. The number of hydrogen-bond donors (Lipinski definition) is 1. The Kier molecular flexibility index (Phi) is 3.56. The summed E-state index contributed by atoms with van der Waals surface area (Å²) in [6, 6.07) is 3.14. The van der Waals surface area contributed by atoms with E-state index in [1.54, 1.807) is 4.90 Å². The van der Waals surface area contributed by atoms with Crippen LogP contribution in [0.15, 0.2) is 18.2 Å². The van der Waals surface area contributed by atoms with Gasteiger partial charge in [0.1, 0.15) is 11.6 Å². The Hall–Kier alpha value is -1.69. The van der Waals surface area contributed by atoms with Crippen molar-refractivity contribution in [3.05, 3.63) is 29.8 Å². The van der Waals surface area contributed by atoms with Crippen LogP contribution in [0.25, 0.3) is 0 Å². The molecule has 108 valence electrons. The zero-order valence-electron chi connectivity index (χ0n) is 11.1. The van der Waals surface area contributed by atoms with Gasteiger partial charge in [-0.1, -0.05) is 0 Å². The molecule has 2 aliphatic rings. The van der Waals surface area contributed by atoms with Gasteiger partial charge in [0.2, 0.25) is 0 Å². The van der Waals surface area contributed by atoms with E-state index in [4.69, 9.17) is 0 Å². The molecule has 0 saturated carbocycles. The lowest BCUT2D eigenvalue weighted by Gasteiger charge is -2.43. The van der Waals surface area contributed by atoms with Gasteiger partial charge in [-0.05, 0) is 38.1 Å². The Balaban J connectivity index is 1.53. The van der Waals surface area contributed by atoms with Gasteiger partial charge in [0.15, 0.2) is 0 Å². The molecule has 0 radical (unpaired) electrons. The second-order valence-electron chi connectivity index (χ2n) is 5.39. The Bertz CT molecular complexity index is 491. The van der Waals surface area contributed by atoms with Crippen LogP contribution in [0, 0.1) is 11.6 Å². The zero-order chi connectivity index (χ0) is 14.1. The Morgan fingerprint density at radius 2 is 1.70 bits per heavy atom. The molecule has 1 aromatic rings. The second kappa shape index (κ2) is 5.36. The van der Waals surface area contributed by atoms with Crippen LogP contribution in [-0.2, 0) is 0 Å². The number of likely N-dealkylation sites (tertiary alicyclic amines) is 2. The van der Waals surface area contributed by atoms with E-state index in [-0.39, 0.29) is 11.7 Å². The minimum Gasteiger partial charge on any atom is -0.321 e. The van der Waals surface area contributed by atoms with Crippen molar-refractivity contribution in [3.8, 4) is 0 Å². The van der Waals surface area contributed by atoms with Gasteiger partial charge in [-0.15, -0.1) is 0 Å². The molecule has 1 aromatic carbocycles. The standard InChI is InChI=1S/C14H17F2N3O/c15-10-5-11(16)7-12(6-10)17-14(20)19-8-13(9-19)18-3-1-2-4-18/h5-7,13H,1-4,8-9H2,(H,17,20). The first-order valence-corrected chi connectivity index (χ1v) is 6.88. The predicted molar refractivity (Wildman–Crippen MR) is 71.5 cm³/mol. The van der Waals surface area contributed by atoms with E-state index in [2.05, 4.69) is 10.2 Å². The van der Waals surface area contributed by atoms with Crippen LogP contribution in [0.4, 0.5) is 19.3 Å². The predicted octanol–water partition coefficient (Wildman–Crippen LogP) is 2.28. The van der Waals surface area contributed by atoms with Crippen molar-refractivity contribution in [2.75, 3.05) is 31.5 Å². The minimum absolute atomic E-state index is 0.150. The number of amides is 2. The fraction of sp³-hybridized carbons (Fsp3) is 0.500.